The van der Waals surface area contributed by atoms with Gasteiger partial charge in [-0.15, -0.1) is 0 Å². The van der Waals surface area contributed by atoms with Crippen molar-refractivity contribution in [1.29, 1.82) is 15.8 Å². The fourth-order valence-electron chi connectivity index (χ4n) is 12.6. The third-order valence-electron chi connectivity index (χ3n) is 16.6. The highest BCUT2D eigenvalue weighted by molar-refractivity contribution is 6.69. The zero-order valence-electron chi connectivity index (χ0n) is 50.4. The van der Waals surface area contributed by atoms with Crippen LogP contribution in [0.3, 0.4) is 0 Å². The summed E-state index contributed by atoms with van der Waals surface area (Å²) in [6.07, 6.45) is 19.7. The summed E-state index contributed by atoms with van der Waals surface area (Å²) in [5.41, 5.74) is 59.3. The van der Waals surface area contributed by atoms with Crippen molar-refractivity contribution in [3.05, 3.63) is 182 Å². The number of Topliss-reactive ketones (excluding diaryl/α,β-unsaturated/α-hetero) is 1. The molecule has 0 aliphatic heterocycles. The predicted molar refractivity (Wildman–Crippen MR) is 353 cm³/mol. The van der Waals surface area contributed by atoms with E-state index in [4.69, 9.17) is 55.1 Å². The van der Waals surface area contributed by atoms with Gasteiger partial charge in [-0.3, -0.25) is 4.79 Å². The van der Waals surface area contributed by atoms with Crippen LogP contribution in [0.5, 0.6) is 0 Å². The van der Waals surface area contributed by atoms with Crippen molar-refractivity contribution in [3.63, 3.8) is 0 Å². The zero-order valence-corrected chi connectivity index (χ0v) is 51.4. The van der Waals surface area contributed by atoms with Gasteiger partial charge in [0.2, 0.25) is 0 Å². The number of nitrogens with one attached hydrogen (secondary N) is 1. The number of nitrogen functional groups attached to an aromatic ring is 6. The van der Waals surface area contributed by atoms with E-state index in [1.165, 1.54) is 70.2 Å². The number of carbonyl (C=O) groups excluding carboxylic acids is 1. The molecule has 6 aliphatic carbocycles. The van der Waals surface area contributed by atoms with Gasteiger partial charge in [0.1, 0.15) is 6.07 Å². The summed E-state index contributed by atoms with van der Waals surface area (Å²) < 4.78 is 6.22. The van der Waals surface area contributed by atoms with Crippen LogP contribution in [-0.2, 0) is 48.6 Å². The number of nitrogens with two attached hydrogens (primary N) is 7. The second-order valence-corrected chi connectivity index (χ2v) is 28.7. The standard InChI is InChI=1S/C14H20N2OSi.C12H19BN2O.C11H16N2.C11H12N2.C11H10N2.C10H11NO/c1-18(2,3)17-14(10-15)8-4-5-11-9-12(16)6-7-13(11)14;1-13(16)15-8-10-4-2-3-9-7-11(14)5-6-12(9)10;3*12-7-9-3-1-2-8-6-10(13)4-5-11(8)9;11-8-4-5-9-7(6-8)2-1-3-10(9)12/h6-7,9H,4-5,8,16H2,1-3H3;5-7,10,15-16H,2-4,8,14H2,1H3;4-6,9H,1-3,7,12-13H2;4-6,9H,1-3,13H2;3-6H,1-2,13H2;4-6H,1-3,11H2. The van der Waals surface area contributed by atoms with Crippen LogP contribution in [0, 0.1) is 34.0 Å². The van der Waals surface area contributed by atoms with Crippen molar-refractivity contribution < 1.29 is 14.2 Å². The number of ketones is 1. The molecule has 14 nitrogen and oxygen atoms in total. The first-order chi connectivity index (χ1) is 40.7. The summed E-state index contributed by atoms with van der Waals surface area (Å²) in [6, 6.07) is 42.3. The molecule has 16 N–H and O–H groups in total. The lowest BCUT2D eigenvalue weighted by atomic mass is 9.80. The molecule has 444 valence electrons. The number of hydrogen-bond acceptors (Lipinski definition) is 14. The summed E-state index contributed by atoms with van der Waals surface area (Å²) in [5, 5.41) is 39.8. The highest BCUT2D eigenvalue weighted by atomic mass is 28.4. The minimum atomic E-state index is -1.77. The lowest BCUT2D eigenvalue weighted by Crippen LogP contribution is -2.42. The Labute approximate surface area is 506 Å². The van der Waals surface area contributed by atoms with E-state index >= 15 is 0 Å². The number of aryl methyl sites for hydroxylation is 6. The van der Waals surface area contributed by atoms with Crippen LogP contribution in [-0.4, -0.2) is 39.3 Å². The summed E-state index contributed by atoms with van der Waals surface area (Å²) in [4.78, 5) is 11.4. The van der Waals surface area contributed by atoms with Gasteiger partial charge in [0.25, 0.3) is 0 Å². The zero-order chi connectivity index (χ0) is 61.3. The summed E-state index contributed by atoms with van der Waals surface area (Å²) in [7, 11) is -2.21. The Morgan fingerprint density at radius 1 is 0.588 bits per heavy atom. The maximum Gasteiger partial charge on any atom is 0.373 e. The minimum Gasteiger partial charge on any atom is -0.437 e. The molecule has 6 aliphatic rings. The van der Waals surface area contributed by atoms with Crippen LogP contribution in [0.1, 0.15) is 160 Å². The van der Waals surface area contributed by atoms with E-state index in [1.54, 1.807) is 12.9 Å². The Morgan fingerprint density at radius 2 is 1.06 bits per heavy atom. The smallest absolute Gasteiger partial charge is 0.373 e. The van der Waals surface area contributed by atoms with Crippen molar-refractivity contribution in [1.82, 2.24) is 5.23 Å². The number of hydrogen-bond donors (Lipinski definition) is 9. The average molecular weight is 1160 g/mol. The number of allylic oxidation sites excluding steroid dienone is 2. The average Bonchev–Trinajstić information content (AvgIpc) is 3.51. The molecule has 0 saturated heterocycles. The maximum absolute atomic E-state index is 11.4. The van der Waals surface area contributed by atoms with E-state index in [2.05, 4.69) is 67.3 Å². The molecule has 85 heavy (non-hydrogen) atoms. The molecule has 0 bridgehead atoms. The van der Waals surface area contributed by atoms with Gasteiger partial charge >= 0.3 is 7.05 Å². The lowest BCUT2D eigenvalue weighted by Gasteiger charge is -2.38. The Hall–Kier alpha value is -7.88. The minimum absolute atomic E-state index is 0.0874. The highest BCUT2D eigenvalue weighted by Crippen LogP contribution is 2.41. The molecule has 0 amide bonds. The normalized spacial score (nSPS) is 19.3. The van der Waals surface area contributed by atoms with E-state index in [-0.39, 0.29) is 11.7 Å². The molecule has 0 aromatic heterocycles. The third-order valence-corrected chi connectivity index (χ3v) is 17.5. The monoisotopic (exact) mass is 1160 g/mol. The van der Waals surface area contributed by atoms with Gasteiger partial charge in [-0.1, -0.05) is 36.4 Å². The molecule has 0 saturated carbocycles. The first kappa shape index (κ1) is 64.7. The molecule has 0 spiro atoms. The van der Waals surface area contributed by atoms with Gasteiger partial charge in [0.05, 0.1) is 23.6 Å². The molecule has 0 fully saturated rings. The molecule has 4 unspecified atom stereocenters. The van der Waals surface area contributed by atoms with Crippen molar-refractivity contribution in [2.75, 3.05) is 47.5 Å². The van der Waals surface area contributed by atoms with E-state index in [9.17, 15) is 15.1 Å². The van der Waals surface area contributed by atoms with Crippen LogP contribution < -0.4 is 45.4 Å². The largest absolute Gasteiger partial charge is 0.437 e. The second-order valence-electron chi connectivity index (χ2n) is 24.2. The first-order valence-corrected chi connectivity index (χ1v) is 33.7. The Balaban J connectivity index is 0.000000147. The molecule has 4 atom stereocenters. The summed E-state index contributed by atoms with van der Waals surface area (Å²) in [5.74, 6) is 1.42. The number of rotatable bonds is 6. The van der Waals surface area contributed by atoms with Crippen molar-refractivity contribution in [2.24, 2.45) is 5.73 Å². The molecule has 0 radical (unpaired) electrons. The van der Waals surface area contributed by atoms with Gasteiger partial charge in [0, 0.05) is 51.7 Å². The highest BCUT2D eigenvalue weighted by Gasteiger charge is 2.41. The molecule has 6 aromatic carbocycles. The van der Waals surface area contributed by atoms with E-state index < -0.39 is 21.0 Å². The van der Waals surface area contributed by atoms with Gasteiger partial charge in [-0.2, -0.15) is 15.8 Å². The van der Waals surface area contributed by atoms with Crippen LogP contribution in [0.4, 0.5) is 34.1 Å². The molecule has 16 heteroatoms. The van der Waals surface area contributed by atoms with Gasteiger partial charge in [-0.05, 0) is 289 Å². The number of benzene rings is 6. The van der Waals surface area contributed by atoms with Crippen molar-refractivity contribution >= 4 is 60.8 Å². The Morgan fingerprint density at radius 3 is 1.61 bits per heavy atom. The van der Waals surface area contributed by atoms with Crippen LogP contribution in [0.2, 0.25) is 26.5 Å². The number of carbonyl (C=O) groups is 1. The number of anilines is 6. The van der Waals surface area contributed by atoms with Gasteiger partial charge < -0.3 is 54.8 Å². The first-order valence-electron chi connectivity index (χ1n) is 30.3. The third kappa shape index (κ3) is 17.8. The second kappa shape index (κ2) is 30.3. The predicted octanol–water partition coefficient (Wildman–Crippen LogP) is 12.3. The molecule has 12 rings (SSSR count). The Bertz CT molecular complexity index is 3450. The molecule has 6 aromatic rings. The molecule has 0 heterocycles. The fourth-order valence-corrected chi connectivity index (χ4v) is 13.9. The molecular weight excluding hydrogens is 1070 g/mol. The SMILES string of the molecule is CB(O)NCC1CCCc2cc(N)ccc21.C[Si](C)(C)OC1(C#N)CCCc2cc(N)ccc21.N#CC1=CCCc2cc(N)ccc21.N#CC1CCCc2cc(N)ccc21.NCC1CCCc2cc(N)ccc21.Nc1ccc2c(c1)CCCC2=O. The van der Waals surface area contributed by atoms with Gasteiger partial charge in [-0.25, -0.2) is 0 Å². The van der Waals surface area contributed by atoms with E-state index in [1.807, 2.05) is 84.9 Å². The fraction of sp³-hybridized carbons (Fsp3) is 0.391. The van der Waals surface area contributed by atoms with Crippen LogP contribution in [0.15, 0.2) is 115 Å². The van der Waals surface area contributed by atoms with Gasteiger partial charge in [0.15, 0.2) is 19.7 Å². The van der Waals surface area contributed by atoms with Crippen LogP contribution >= 0.6 is 0 Å². The Kier molecular flexibility index (Phi) is 23.0. The number of nitriles is 3. The quantitative estimate of drug-likeness (QED) is 0.0553. The maximum atomic E-state index is 11.4. The van der Waals surface area contributed by atoms with E-state index in [0.29, 0.717) is 18.3 Å². The summed E-state index contributed by atoms with van der Waals surface area (Å²) in [6.45, 7) is 9.73. The topological polar surface area (TPSA) is 312 Å². The number of nitrogens with zero attached hydrogens (tertiary/aromatic N) is 3. The van der Waals surface area contributed by atoms with E-state index in [0.717, 1.165) is 152 Å². The number of fused-ring (bicyclic) bond motifs is 6. The van der Waals surface area contributed by atoms with Crippen molar-refractivity contribution in [3.8, 4) is 18.2 Å². The lowest BCUT2D eigenvalue weighted by molar-refractivity contribution is 0.0970. The molecular formula is C69H88BN11O3Si. The summed E-state index contributed by atoms with van der Waals surface area (Å²) >= 11 is 0. The van der Waals surface area contributed by atoms with Crippen LogP contribution in [0.25, 0.3) is 5.57 Å². The van der Waals surface area contributed by atoms with Crippen molar-refractivity contribution in [2.45, 2.75) is 159 Å².